The third kappa shape index (κ3) is 1.57. The summed E-state index contributed by atoms with van der Waals surface area (Å²) in [7, 11) is 0. The molecule has 2 bridgehead atoms. The van der Waals surface area contributed by atoms with E-state index in [0.717, 1.165) is 12.0 Å². The molecule has 3 rings (SSSR count). The molecule has 3 heteroatoms. The maximum Gasteiger partial charge on any atom is 0.307 e. The van der Waals surface area contributed by atoms with Gasteiger partial charge in [-0.05, 0) is 36.0 Å². The van der Waals surface area contributed by atoms with Gasteiger partial charge >= 0.3 is 5.97 Å². The minimum absolute atomic E-state index is 0.00287. The second-order valence-electron chi connectivity index (χ2n) is 4.89. The van der Waals surface area contributed by atoms with E-state index in [2.05, 4.69) is 6.08 Å². The molecule has 1 aromatic carbocycles. The zero-order valence-corrected chi connectivity index (χ0v) is 9.21. The van der Waals surface area contributed by atoms with Crippen molar-refractivity contribution in [3.05, 3.63) is 47.8 Å². The quantitative estimate of drug-likeness (QED) is 0.796. The Morgan fingerprint density at radius 3 is 2.47 bits per heavy atom. The van der Waals surface area contributed by atoms with E-state index in [1.54, 1.807) is 12.1 Å². The van der Waals surface area contributed by atoms with E-state index in [-0.39, 0.29) is 23.6 Å². The van der Waals surface area contributed by atoms with Crippen LogP contribution in [-0.2, 0) is 4.79 Å². The Labute approximate surface area is 98.8 Å². The van der Waals surface area contributed by atoms with Crippen LogP contribution >= 0.6 is 0 Å². The molecule has 0 amide bonds. The lowest BCUT2D eigenvalue weighted by Crippen LogP contribution is -2.25. The highest BCUT2D eigenvalue weighted by molar-refractivity contribution is 5.73. The molecule has 0 saturated heterocycles. The first-order chi connectivity index (χ1) is 8.16. The van der Waals surface area contributed by atoms with Crippen molar-refractivity contribution < 1.29 is 14.3 Å². The predicted octanol–water partition coefficient (Wildman–Crippen LogP) is 2.82. The second kappa shape index (κ2) is 3.69. The fraction of sp³-hybridized carbons (Fsp3) is 0.357. The highest BCUT2D eigenvalue weighted by Crippen LogP contribution is 2.52. The molecule has 1 aromatic rings. The number of carboxylic acids is 1. The fourth-order valence-corrected chi connectivity index (χ4v) is 3.30. The molecule has 1 fully saturated rings. The van der Waals surface area contributed by atoms with Crippen molar-refractivity contribution in [2.24, 2.45) is 17.8 Å². The summed E-state index contributed by atoms with van der Waals surface area (Å²) in [4.78, 5) is 11.3. The van der Waals surface area contributed by atoms with Gasteiger partial charge in [-0.2, -0.15) is 0 Å². The van der Waals surface area contributed by atoms with Crippen molar-refractivity contribution in [2.45, 2.75) is 12.3 Å². The van der Waals surface area contributed by atoms with E-state index in [1.807, 2.05) is 6.08 Å². The largest absolute Gasteiger partial charge is 0.481 e. The van der Waals surface area contributed by atoms with Gasteiger partial charge in [0.25, 0.3) is 0 Å². The molecule has 4 unspecified atom stereocenters. The lowest BCUT2D eigenvalue weighted by atomic mass is 9.78. The summed E-state index contributed by atoms with van der Waals surface area (Å²) >= 11 is 0. The molecular formula is C14H13FO2. The van der Waals surface area contributed by atoms with Gasteiger partial charge < -0.3 is 5.11 Å². The second-order valence-corrected chi connectivity index (χ2v) is 4.89. The maximum atomic E-state index is 12.9. The van der Waals surface area contributed by atoms with Crippen LogP contribution in [0.15, 0.2) is 36.4 Å². The van der Waals surface area contributed by atoms with Gasteiger partial charge in [0.15, 0.2) is 0 Å². The van der Waals surface area contributed by atoms with Crippen LogP contribution < -0.4 is 0 Å². The van der Waals surface area contributed by atoms with Gasteiger partial charge in [-0.25, -0.2) is 4.39 Å². The highest BCUT2D eigenvalue weighted by atomic mass is 19.1. The Hall–Kier alpha value is -1.64. The monoisotopic (exact) mass is 232 g/mol. The predicted molar refractivity (Wildman–Crippen MR) is 61.0 cm³/mol. The fourth-order valence-electron chi connectivity index (χ4n) is 3.30. The SMILES string of the molecule is O=C(O)C1C2C=CC(C2)C1c1ccc(F)cc1. The van der Waals surface area contributed by atoms with Gasteiger partial charge in [-0.1, -0.05) is 24.3 Å². The number of fused-ring (bicyclic) bond motifs is 2. The first-order valence-corrected chi connectivity index (χ1v) is 5.83. The van der Waals surface area contributed by atoms with Crippen LogP contribution in [0, 0.1) is 23.6 Å². The lowest BCUT2D eigenvalue weighted by molar-refractivity contribution is -0.143. The standard InChI is InChI=1S/C14H13FO2/c15-11-5-3-8(4-6-11)12-9-1-2-10(7-9)13(12)14(16)17/h1-6,9-10,12-13H,7H2,(H,16,17). The summed E-state index contributed by atoms with van der Waals surface area (Å²) in [5.41, 5.74) is 0.940. The number of halogens is 1. The van der Waals surface area contributed by atoms with Crippen LogP contribution in [-0.4, -0.2) is 11.1 Å². The average Bonchev–Trinajstić information content (AvgIpc) is 2.89. The third-order valence-corrected chi connectivity index (χ3v) is 4.00. The van der Waals surface area contributed by atoms with Gasteiger partial charge in [0.1, 0.15) is 5.82 Å². The van der Waals surface area contributed by atoms with Crippen molar-refractivity contribution in [3.63, 3.8) is 0 Å². The third-order valence-electron chi connectivity index (χ3n) is 4.00. The van der Waals surface area contributed by atoms with Crippen LogP contribution in [0.3, 0.4) is 0 Å². The van der Waals surface area contributed by atoms with Crippen molar-refractivity contribution in [1.29, 1.82) is 0 Å². The Balaban J connectivity index is 1.99. The first-order valence-electron chi connectivity index (χ1n) is 5.83. The van der Waals surface area contributed by atoms with Crippen LogP contribution in [0.4, 0.5) is 4.39 Å². The normalized spacial score (nSPS) is 34.2. The zero-order valence-electron chi connectivity index (χ0n) is 9.21. The number of allylic oxidation sites excluding steroid dienone is 2. The van der Waals surface area contributed by atoms with Gasteiger partial charge in [0.05, 0.1) is 5.92 Å². The summed E-state index contributed by atoms with van der Waals surface area (Å²) in [5, 5.41) is 9.31. The lowest BCUT2D eigenvalue weighted by Gasteiger charge is -2.25. The minimum atomic E-state index is -0.740. The van der Waals surface area contributed by atoms with E-state index >= 15 is 0 Å². The summed E-state index contributed by atoms with van der Waals surface area (Å²) < 4.78 is 12.9. The van der Waals surface area contributed by atoms with Crippen molar-refractivity contribution in [1.82, 2.24) is 0 Å². The number of benzene rings is 1. The van der Waals surface area contributed by atoms with Crippen LogP contribution in [0.5, 0.6) is 0 Å². The highest BCUT2D eigenvalue weighted by Gasteiger charge is 2.48. The number of rotatable bonds is 2. The smallest absolute Gasteiger partial charge is 0.307 e. The molecule has 4 atom stereocenters. The first kappa shape index (κ1) is 10.5. The Morgan fingerprint density at radius 2 is 1.82 bits per heavy atom. The molecule has 0 spiro atoms. The number of hydrogen-bond acceptors (Lipinski definition) is 1. The van der Waals surface area contributed by atoms with Crippen LogP contribution in [0.2, 0.25) is 0 Å². The summed E-state index contributed by atoms with van der Waals surface area (Å²) in [6.07, 6.45) is 5.04. The molecule has 0 heterocycles. The number of carboxylic acid groups (broad SMARTS) is 1. The van der Waals surface area contributed by atoms with Gasteiger partial charge in [0.2, 0.25) is 0 Å². The molecular weight excluding hydrogens is 219 g/mol. The van der Waals surface area contributed by atoms with Gasteiger partial charge in [-0.15, -0.1) is 0 Å². The molecule has 0 radical (unpaired) electrons. The summed E-state index contributed by atoms with van der Waals surface area (Å²) in [5.74, 6) is -0.923. The average molecular weight is 232 g/mol. The summed E-state index contributed by atoms with van der Waals surface area (Å²) in [6, 6.07) is 6.24. The summed E-state index contributed by atoms with van der Waals surface area (Å²) in [6.45, 7) is 0. The zero-order chi connectivity index (χ0) is 12.0. The van der Waals surface area contributed by atoms with E-state index < -0.39 is 5.97 Å². The van der Waals surface area contributed by atoms with Crippen molar-refractivity contribution >= 4 is 5.97 Å². The molecule has 17 heavy (non-hydrogen) atoms. The Morgan fingerprint density at radius 1 is 1.18 bits per heavy atom. The van der Waals surface area contributed by atoms with Crippen molar-refractivity contribution in [3.8, 4) is 0 Å². The molecule has 2 aliphatic rings. The Kier molecular flexibility index (Phi) is 2.28. The van der Waals surface area contributed by atoms with E-state index in [0.29, 0.717) is 5.92 Å². The van der Waals surface area contributed by atoms with E-state index in [9.17, 15) is 14.3 Å². The molecule has 2 aliphatic carbocycles. The van der Waals surface area contributed by atoms with E-state index in [4.69, 9.17) is 0 Å². The molecule has 0 aliphatic heterocycles. The maximum absolute atomic E-state index is 12.9. The van der Waals surface area contributed by atoms with Gasteiger partial charge in [0, 0.05) is 5.92 Å². The van der Waals surface area contributed by atoms with E-state index in [1.165, 1.54) is 12.1 Å². The van der Waals surface area contributed by atoms with Crippen LogP contribution in [0.1, 0.15) is 17.9 Å². The van der Waals surface area contributed by atoms with Crippen LogP contribution in [0.25, 0.3) is 0 Å². The molecule has 0 aromatic heterocycles. The molecule has 1 N–H and O–H groups in total. The van der Waals surface area contributed by atoms with Crippen molar-refractivity contribution in [2.75, 3.05) is 0 Å². The molecule has 2 nitrogen and oxygen atoms in total. The molecule has 1 saturated carbocycles. The number of aliphatic carboxylic acids is 1. The number of carbonyl (C=O) groups is 1. The van der Waals surface area contributed by atoms with Gasteiger partial charge in [-0.3, -0.25) is 4.79 Å². The molecule has 88 valence electrons. The number of hydrogen-bond donors (Lipinski definition) is 1. The minimum Gasteiger partial charge on any atom is -0.481 e. The topological polar surface area (TPSA) is 37.3 Å². The Bertz CT molecular complexity index is 478.